The quantitative estimate of drug-likeness (QED) is 0.741. The van der Waals surface area contributed by atoms with E-state index in [1.54, 1.807) is 0 Å². The Labute approximate surface area is 99.6 Å². The summed E-state index contributed by atoms with van der Waals surface area (Å²) in [5, 5.41) is 1.33. The fraction of sp³-hybridized carbons (Fsp3) is 0.143. The molecule has 0 heterocycles. The van der Waals surface area contributed by atoms with Gasteiger partial charge in [-0.15, -0.1) is 0 Å². The van der Waals surface area contributed by atoms with Gasteiger partial charge in [0.1, 0.15) is 0 Å². The fourth-order valence-corrected chi connectivity index (χ4v) is 4.01. The van der Waals surface area contributed by atoms with Crippen LogP contribution in [0.4, 0.5) is 0 Å². The van der Waals surface area contributed by atoms with E-state index in [1.807, 2.05) is 0 Å². The summed E-state index contributed by atoms with van der Waals surface area (Å²) >= 11 is 0.892. The Morgan fingerprint density at radius 1 is 0.733 bits per heavy atom. The summed E-state index contributed by atoms with van der Waals surface area (Å²) in [4.78, 5) is 0. The molecule has 0 radical (unpaired) electrons. The Morgan fingerprint density at radius 2 is 1.13 bits per heavy atom. The van der Waals surface area contributed by atoms with E-state index in [-0.39, 0.29) is 0 Å². The first-order valence-corrected chi connectivity index (χ1v) is 8.48. The van der Waals surface area contributed by atoms with Crippen LogP contribution < -0.4 is 0 Å². The molecule has 0 aliphatic rings. The molecular formula is C14H16Ge. The summed E-state index contributed by atoms with van der Waals surface area (Å²) in [6.45, 7) is 0. The van der Waals surface area contributed by atoms with Crippen LogP contribution in [0.3, 0.4) is 0 Å². The van der Waals surface area contributed by atoms with Gasteiger partial charge in [0.15, 0.2) is 0 Å². The molecule has 2 rings (SSSR count). The molecule has 0 atom stereocenters. The zero-order chi connectivity index (χ0) is 10.5. The van der Waals surface area contributed by atoms with Crippen molar-refractivity contribution in [1.82, 2.24) is 0 Å². The van der Waals surface area contributed by atoms with Crippen molar-refractivity contribution in [2.24, 2.45) is 0 Å². The van der Waals surface area contributed by atoms with Crippen molar-refractivity contribution in [3.05, 3.63) is 71.8 Å². The van der Waals surface area contributed by atoms with Gasteiger partial charge in [0, 0.05) is 0 Å². The van der Waals surface area contributed by atoms with Crippen LogP contribution in [0.25, 0.3) is 0 Å². The van der Waals surface area contributed by atoms with Crippen LogP contribution in [0.1, 0.15) is 17.0 Å². The third-order valence-corrected chi connectivity index (χ3v) is 4.53. The van der Waals surface area contributed by atoms with Crippen molar-refractivity contribution in [3.8, 4) is 0 Å². The van der Waals surface area contributed by atoms with E-state index in [1.165, 1.54) is 16.4 Å². The molecule has 0 unspecified atom stereocenters. The van der Waals surface area contributed by atoms with Gasteiger partial charge in [-0.2, -0.15) is 0 Å². The molecule has 0 saturated carbocycles. The Hall–Kier alpha value is -1.02. The van der Waals surface area contributed by atoms with Gasteiger partial charge in [-0.1, -0.05) is 0 Å². The molecule has 15 heavy (non-hydrogen) atoms. The normalized spacial score (nSPS) is 10.7. The van der Waals surface area contributed by atoms with E-state index in [0.29, 0.717) is 5.92 Å². The SMILES string of the molecule is [GeH3][CH2]C(c1ccccc1)c1ccccc1. The molecule has 0 aromatic heterocycles. The molecule has 0 saturated heterocycles. The van der Waals surface area contributed by atoms with Gasteiger partial charge in [0.05, 0.1) is 0 Å². The molecule has 0 aliphatic carbocycles. The molecule has 0 amide bonds. The molecule has 2 aromatic rings. The van der Waals surface area contributed by atoms with E-state index in [4.69, 9.17) is 0 Å². The van der Waals surface area contributed by atoms with Crippen molar-refractivity contribution in [2.75, 3.05) is 0 Å². The summed E-state index contributed by atoms with van der Waals surface area (Å²) in [5.41, 5.74) is 2.91. The number of hydrogen-bond acceptors (Lipinski definition) is 0. The Balaban J connectivity index is 2.34. The van der Waals surface area contributed by atoms with E-state index < -0.39 is 0 Å². The van der Waals surface area contributed by atoms with Crippen LogP contribution >= 0.6 is 0 Å². The maximum absolute atomic E-state index is 2.24. The average molecular weight is 257 g/mol. The van der Waals surface area contributed by atoms with Crippen LogP contribution in [-0.2, 0) is 0 Å². The Morgan fingerprint density at radius 3 is 1.47 bits per heavy atom. The summed E-state index contributed by atoms with van der Waals surface area (Å²) in [6, 6.07) is 21.7. The van der Waals surface area contributed by atoms with Crippen molar-refractivity contribution >= 4 is 16.5 Å². The zero-order valence-electron chi connectivity index (χ0n) is 9.06. The second-order valence-electron chi connectivity index (χ2n) is 3.78. The standard InChI is InChI=1S/C14H16Ge/c15-11-14(12-7-3-1-4-8-12)13-9-5-2-6-10-13/h1-10,14H,11H2,15H3. The third kappa shape index (κ3) is 2.51. The van der Waals surface area contributed by atoms with Gasteiger partial charge in [0.2, 0.25) is 0 Å². The molecule has 0 nitrogen and oxygen atoms in total. The van der Waals surface area contributed by atoms with E-state index in [9.17, 15) is 0 Å². The maximum atomic E-state index is 2.24. The summed E-state index contributed by atoms with van der Waals surface area (Å²) in [7, 11) is 0. The van der Waals surface area contributed by atoms with E-state index in [2.05, 4.69) is 60.7 Å². The Bertz CT molecular complexity index is 355. The van der Waals surface area contributed by atoms with Crippen molar-refractivity contribution in [3.63, 3.8) is 0 Å². The second-order valence-corrected chi connectivity index (χ2v) is 5.50. The minimum atomic E-state index is 0.618. The first kappa shape index (κ1) is 10.5. The zero-order valence-corrected chi connectivity index (χ0v) is 13.3. The van der Waals surface area contributed by atoms with Crippen LogP contribution in [0, 0.1) is 0 Å². The molecule has 0 fully saturated rings. The van der Waals surface area contributed by atoms with Crippen molar-refractivity contribution in [2.45, 2.75) is 11.2 Å². The molecule has 1 heteroatoms. The minimum absolute atomic E-state index is 0.618. The predicted octanol–water partition coefficient (Wildman–Crippen LogP) is 2.60. The van der Waals surface area contributed by atoms with Gasteiger partial charge < -0.3 is 0 Å². The van der Waals surface area contributed by atoms with Gasteiger partial charge in [0.25, 0.3) is 0 Å². The molecule has 0 spiro atoms. The molecule has 76 valence electrons. The Kier molecular flexibility index (Phi) is 3.62. The van der Waals surface area contributed by atoms with Crippen molar-refractivity contribution in [1.29, 1.82) is 0 Å². The van der Waals surface area contributed by atoms with E-state index >= 15 is 0 Å². The first-order chi connectivity index (χ1) is 7.42. The summed E-state index contributed by atoms with van der Waals surface area (Å²) in [5.74, 6) is 0.618. The molecule has 0 bridgehead atoms. The van der Waals surface area contributed by atoms with Gasteiger partial charge in [-0.25, -0.2) is 0 Å². The number of rotatable bonds is 3. The number of hydrogen-bond donors (Lipinski definition) is 0. The first-order valence-electron chi connectivity index (χ1n) is 5.51. The fourth-order valence-electron chi connectivity index (χ4n) is 2.03. The van der Waals surface area contributed by atoms with Crippen LogP contribution in [-0.4, -0.2) is 16.5 Å². The van der Waals surface area contributed by atoms with Gasteiger partial charge in [-0.3, -0.25) is 0 Å². The molecule has 0 N–H and O–H groups in total. The number of benzene rings is 2. The third-order valence-electron chi connectivity index (χ3n) is 2.81. The topological polar surface area (TPSA) is 0 Å². The second kappa shape index (κ2) is 5.17. The molecule has 2 aromatic carbocycles. The van der Waals surface area contributed by atoms with Gasteiger partial charge >= 0.3 is 99.5 Å². The predicted molar refractivity (Wildman–Crippen MR) is 69.5 cm³/mol. The van der Waals surface area contributed by atoms with Crippen LogP contribution in [0.2, 0.25) is 5.25 Å². The summed E-state index contributed by atoms with van der Waals surface area (Å²) < 4.78 is 0. The average Bonchev–Trinajstić information content (AvgIpc) is 2.33. The molecular weight excluding hydrogens is 241 g/mol. The van der Waals surface area contributed by atoms with Crippen molar-refractivity contribution < 1.29 is 0 Å². The van der Waals surface area contributed by atoms with E-state index in [0.717, 1.165) is 16.5 Å². The molecule has 0 aliphatic heterocycles. The monoisotopic (exact) mass is 258 g/mol. The van der Waals surface area contributed by atoms with Gasteiger partial charge in [-0.05, 0) is 0 Å². The summed E-state index contributed by atoms with van der Waals surface area (Å²) in [6.07, 6.45) is 0. The van der Waals surface area contributed by atoms with Crippen LogP contribution in [0.5, 0.6) is 0 Å². The van der Waals surface area contributed by atoms with Crippen LogP contribution in [0.15, 0.2) is 60.7 Å².